The van der Waals surface area contributed by atoms with E-state index in [-0.39, 0.29) is 22.9 Å². The Balaban J connectivity index is 0.00000400. The highest BCUT2D eigenvalue weighted by Crippen LogP contribution is 2.23. The molecule has 1 rings (SSSR count). The Kier molecular flexibility index (Phi) is 7.17. The van der Waals surface area contributed by atoms with E-state index in [4.69, 9.17) is 11.1 Å². The number of rotatable bonds is 5. The Morgan fingerprint density at radius 3 is 2.48 bits per heavy atom. The van der Waals surface area contributed by atoms with E-state index in [1.807, 2.05) is 6.92 Å². The van der Waals surface area contributed by atoms with Crippen LogP contribution in [0.4, 0.5) is 5.69 Å². The van der Waals surface area contributed by atoms with Gasteiger partial charge >= 0.3 is 0 Å². The Labute approximate surface area is 130 Å². The predicted molar refractivity (Wildman–Crippen MR) is 85.0 cm³/mol. The summed E-state index contributed by atoms with van der Waals surface area (Å²) >= 11 is 0. The SMILES string of the molecule is CCCNc1ccc(C(=O)NC(=N)N)cc1S(C)(=O)=O.Cl. The molecule has 0 aliphatic rings. The molecule has 21 heavy (non-hydrogen) atoms. The number of sulfone groups is 1. The number of nitrogens with one attached hydrogen (secondary N) is 3. The molecular weight excluding hydrogens is 316 g/mol. The molecule has 0 aromatic heterocycles. The molecule has 0 heterocycles. The van der Waals surface area contributed by atoms with Crippen molar-refractivity contribution in [1.29, 1.82) is 5.41 Å². The third kappa shape index (κ3) is 5.60. The fourth-order valence-electron chi connectivity index (χ4n) is 1.57. The van der Waals surface area contributed by atoms with Gasteiger partial charge in [-0.3, -0.25) is 15.5 Å². The normalized spacial score (nSPS) is 10.4. The molecule has 0 fully saturated rings. The number of hydrogen-bond donors (Lipinski definition) is 4. The van der Waals surface area contributed by atoms with Gasteiger partial charge in [0.25, 0.3) is 5.91 Å². The van der Waals surface area contributed by atoms with Crippen molar-refractivity contribution in [1.82, 2.24) is 5.32 Å². The lowest BCUT2D eigenvalue weighted by Gasteiger charge is -2.12. The van der Waals surface area contributed by atoms with E-state index in [0.29, 0.717) is 12.2 Å². The van der Waals surface area contributed by atoms with Gasteiger partial charge in [-0.2, -0.15) is 0 Å². The molecule has 1 aromatic rings. The Morgan fingerprint density at radius 1 is 1.38 bits per heavy atom. The zero-order valence-electron chi connectivity index (χ0n) is 11.8. The number of anilines is 1. The van der Waals surface area contributed by atoms with E-state index in [9.17, 15) is 13.2 Å². The fraction of sp³-hybridized carbons (Fsp3) is 0.333. The number of amides is 1. The largest absolute Gasteiger partial charge is 0.384 e. The highest BCUT2D eigenvalue weighted by molar-refractivity contribution is 7.90. The fourth-order valence-corrected chi connectivity index (χ4v) is 2.45. The third-order valence-corrected chi connectivity index (χ3v) is 3.59. The molecule has 7 nitrogen and oxygen atoms in total. The maximum Gasteiger partial charge on any atom is 0.257 e. The van der Waals surface area contributed by atoms with Crippen molar-refractivity contribution in [3.05, 3.63) is 23.8 Å². The number of halogens is 1. The molecule has 1 amide bonds. The van der Waals surface area contributed by atoms with Gasteiger partial charge in [-0.25, -0.2) is 8.42 Å². The van der Waals surface area contributed by atoms with Gasteiger partial charge in [-0.15, -0.1) is 12.4 Å². The highest BCUT2D eigenvalue weighted by atomic mass is 35.5. The van der Waals surface area contributed by atoms with E-state index in [1.54, 1.807) is 0 Å². The van der Waals surface area contributed by atoms with Crippen molar-refractivity contribution in [2.24, 2.45) is 5.73 Å². The molecular formula is C12H19ClN4O3S. The van der Waals surface area contributed by atoms with E-state index in [2.05, 4.69) is 10.6 Å². The molecule has 0 radical (unpaired) electrons. The quantitative estimate of drug-likeness (QED) is 0.471. The smallest absolute Gasteiger partial charge is 0.257 e. The predicted octanol–water partition coefficient (Wildman–Crippen LogP) is 0.957. The average Bonchev–Trinajstić information content (AvgIpc) is 2.34. The number of benzene rings is 1. The molecule has 0 aliphatic carbocycles. The monoisotopic (exact) mass is 334 g/mol. The number of carbonyl (C=O) groups excluding carboxylic acids is 1. The van der Waals surface area contributed by atoms with E-state index >= 15 is 0 Å². The zero-order chi connectivity index (χ0) is 15.3. The summed E-state index contributed by atoms with van der Waals surface area (Å²) in [6, 6.07) is 4.28. The van der Waals surface area contributed by atoms with Crippen molar-refractivity contribution in [2.75, 3.05) is 18.1 Å². The minimum Gasteiger partial charge on any atom is -0.384 e. The van der Waals surface area contributed by atoms with Crippen LogP contribution in [0.1, 0.15) is 23.7 Å². The lowest BCUT2D eigenvalue weighted by molar-refractivity contribution is 0.0976. The average molecular weight is 335 g/mol. The van der Waals surface area contributed by atoms with Crippen LogP contribution in [0.25, 0.3) is 0 Å². The zero-order valence-corrected chi connectivity index (χ0v) is 13.4. The minimum atomic E-state index is -3.48. The number of hydrogen-bond acceptors (Lipinski definition) is 5. The Bertz CT molecular complexity index is 631. The molecule has 0 spiro atoms. The lowest BCUT2D eigenvalue weighted by Crippen LogP contribution is -2.35. The molecule has 0 saturated heterocycles. The van der Waals surface area contributed by atoms with Gasteiger partial charge < -0.3 is 11.1 Å². The highest BCUT2D eigenvalue weighted by Gasteiger charge is 2.16. The summed E-state index contributed by atoms with van der Waals surface area (Å²) in [5.41, 5.74) is 5.65. The summed E-state index contributed by atoms with van der Waals surface area (Å²) in [7, 11) is -3.48. The van der Waals surface area contributed by atoms with Crippen LogP contribution < -0.4 is 16.4 Å². The molecule has 0 unspecified atom stereocenters. The Hall–Kier alpha value is -1.80. The van der Waals surface area contributed by atoms with Crippen LogP contribution in [0.3, 0.4) is 0 Å². The lowest BCUT2D eigenvalue weighted by atomic mass is 10.2. The van der Waals surface area contributed by atoms with E-state index in [0.717, 1.165) is 12.7 Å². The topological polar surface area (TPSA) is 125 Å². The summed E-state index contributed by atoms with van der Waals surface area (Å²) in [6.45, 7) is 2.59. The maximum absolute atomic E-state index is 11.8. The van der Waals surface area contributed by atoms with Crippen molar-refractivity contribution in [3.8, 4) is 0 Å². The molecule has 118 valence electrons. The van der Waals surface area contributed by atoms with Crippen molar-refractivity contribution in [3.63, 3.8) is 0 Å². The van der Waals surface area contributed by atoms with Gasteiger partial charge in [-0.1, -0.05) is 6.92 Å². The maximum atomic E-state index is 11.8. The van der Waals surface area contributed by atoms with Crippen molar-refractivity contribution >= 4 is 39.8 Å². The molecule has 5 N–H and O–H groups in total. The van der Waals surface area contributed by atoms with Gasteiger partial charge in [0.2, 0.25) is 0 Å². The first kappa shape index (κ1) is 19.2. The van der Waals surface area contributed by atoms with Gasteiger partial charge in [0, 0.05) is 18.4 Å². The van der Waals surface area contributed by atoms with Crippen LogP contribution in [0.5, 0.6) is 0 Å². The first-order valence-corrected chi connectivity index (χ1v) is 7.88. The molecule has 0 atom stereocenters. The molecule has 0 saturated carbocycles. The van der Waals surface area contributed by atoms with E-state index < -0.39 is 21.7 Å². The number of nitrogens with two attached hydrogens (primary N) is 1. The molecule has 1 aromatic carbocycles. The summed E-state index contributed by atoms with van der Waals surface area (Å²) < 4.78 is 23.6. The second kappa shape index (κ2) is 7.84. The second-order valence-corrected chi connectivity index (χ2v) is 6.26. The van der Waals surface area contributed by atoms with Crippen molar-refractivity contribution in [2.45, 2.75) is 18.2 Å². The molecule has 9 heteroatoms. The summed E-state index contributed by atoms with van der Waals surface area (Å²) in [5.74, 6) is -1.12. The van der Waals surface area contributed by atoms with Gasteiger partial charge in [0.1, 0.15) is 0 Å². The number of guanidine groups is 1. The van der Waals surface area contributed by atoms with Crippen LogP contribution in [0, 0.1) is 5.41 Å². The van der Waals surface area contributed by atoms with Gasteiger partial charge in [-0.05, 0) is 24.6 Å². The molecule has 0 bridgehead atoms. The number of carbonyl (C=O) groups is 1. The van der Waals surface area contributed by atoms with Crippen LogP contribution in [0.2, 0.25) is 0 Å². The summed E-state index contributed by atoms with van der Waals surface area (Å²) in [4.78, 5) is 11.8. The van der Waals surface area contributed by atoms with Crippen molar-refractivity contribution < 1.29 is 13.2 Å². The Morgan fingerprint density at radius 2 is 2.00 bits per heavy atom. The second-order valence-electron chi connectivity index (χ2n) is 4.28. The van der Waals surface area contributed by atoms with E-state index in [1.165, 1.54) is 18.2 Å². The third-order valence-electron chi connectivity index (χ3n) is 2.46. The summed E-state index contributed by atoms with van der Waals surface area (Å²) in [6.07, 6.45) is 1.92. The van der Waals surface area contributed by atoms with Gasteiger partial charge in [0.05, 0.1) is 10.6 Å². The van der Waals surface area contributed by atoms with Crippen LogP contribution in [-0.4, -0.2) is 33.1 Å². The first-order chi connectivity index (χ1) is 9.25. The van der Waals surface area contributed by atoms with Crippen LogP contribution >= 0.6 is 12.4 Å². The van der Waals surface area contributed by atoms with Gasteiger partial charge in [0.15, 0.2) is 15.8 Å². The van der Waals surface area contributed by atoms with Crippen LogP contribution in [-0.2, 0) is 9.84 Å². The van der Waals surface area contributed by atoms with Crippen LogP contribution in [0.15, 0.2) is 23.1 Å². The summed E-state index contributed by atoms with van der Waals surface area (Å²) in [5, 5.41) is 12.1. The minimum absolute atomic E-state index is 0. The molecule has 0 aliphatic heterocycles. The standard InChI is InChI=1S/C12H18N4O3S.ClH/c1-3-6-15-9-5-4-8(11(17)16-12(13)14)7-10(9)20(2,18)19;/h4-5,7,15H,3,6H2,1-2H3,(H4,13,14,16,17);1H. The first-order valence-electron chi connectivity index (χ1n) is 5.99.